The molecule has 1 aromatic carbocycles. The van der Waals surface area contributed by atoms with E-state index in [4.69, 9.17) is 9.47 Å². The highest BCUT2D eigenvalue weighted by Gasteiger charge is 2.29. The van der Waals surface area contributed by atoms with Crippen molar-refractivity contribution in [3.63, 3.8) is 0 Å². The van der Waals surface area contributed by atoms with Gasteiger partial charge in [-0.25, -0.2) is 4.79 Å². The van der Waals surface area contributed by atoms with Crippen LogP contribution in [0.3, 0.4) is 0 Å². The van der Waals surface area contributed by atoms with Gasteiger partial charge in [0.05, 0.1) is 12.2 Å². The average molecular weight is 508 g/mol. The largest absolute Gasteiger partial charge is 0.483 e. The second-order valence-electron chi connectivity index (χ2n) is 8.41. The number of ether oxygens (including phenoxy) is 2. The van der Waals surface area contributed by atoms with Crippen LogP contribution >= 0.6 is 27.3 Å². The quantitative estimate of drug-likeness (QED) is 0.449. The summed E-state index contributed by atoms with van der Waals surface area (Å²) in [6.45, 7) is 10.4. The summed E-state index contributed by atoms with van der Waals surface area (Å²) in [5, 5.41) is 3.48. The Bertz CT molecular complexity index is 982. The molecule has 3 rings (SSSR count). The van der Waals surface area contributed by atoms with Gasteiger partial charge in [-0.1, -0.05) is 36.7 Å². The SMILES string of the molecule is CCOC(=O)c1c(NC(=O)COc2cc(C)c(Br)cc2C(C)C)sc2c1CCC(C)C2. The number of amides is 1. The number of halogens is 1. The molecule has 168 valence electrons. The lowest BCUT2D eigenvalue weighted by Crippen LogP contribution is -2.22. The third kappa shape index (κ3) is 5.50. The number of esters is 1. The Labute approximate surface area is 196 Å². The van der Waals surface area contributed by atoms with Crippen LogP contribution < -0.4 is 10.1 Å². The molecular formula is C24H30BrNO4S. The van der Waals surface area contributed by atoms with Crippen molar-refractivity contribution < 1.29 is 19.1 Å². The maximum atomic E-state index is 12.7. The normalized spacial score (nSPS) is 15.5. The molecule has 31 heavy (non-hydrogen) atoms. The minimum Gasteiger partial charge on any atom is -0.483 e. The number of benzene rings is 1. The zero-order chi connectivity index (χ0) is 22.7. The third-order valence-corrected chi connectivity index (χ3v) is 7.54. The molecule has 1 aliphatic carbocycles. The van der Waals surface area contributed by atoms with Gasteiger partial charge < -0.3 is 14.8 Å². The molecule has 2 aromatic rings. The minimum atomic E-state index is -0.364. The molecular weight excluding hydrogens is 478 g/mol. The molecule has 5 nitrogen and oxygen atoms in total. The summed E-state index contributed by atoms with van der Waals surface area (Å²) in [7, 11) is 0. The van der Waals surface area contributed by atoms with Crippen LogP contribution in [0.1, 0.15) is 72.0 Å². The molecule has 0 fully saturated rings. The fourth-order valence-corrected chi connectivity index (χ4v) is 5.59. The van der Waals surface area contributed by atoms with E-state index in [9.17, 15) is 9.59 Å². The van der Waals surface area contributed by atoms with Crippen molar-refractivity contribution in [2.45, 2.75) is 59.8 Å². The summed E-state index contributed by atoms with van der Waals surface area (Å²) in [5.41, 5.74) is 3.63. The van der Waals surface area contributed by atoms with Gasteiger partial charge in [-0.2, -0.15) is 0 Å². The number of hydrogen-bond acceptors (Lipinski definition) is 5. The van der Waals surface area contributed by atoms with Crippen LogP contribution in [-0.2, 0) is 22.4 Å². The lowest BCUT2D eigenvalue weighted by Gasteiger charge is -2.18. The molecule has 1 aromatic heterocycles. The van der Waals surface area contributed by atoms with Crippen LogP contribution in [0.15, 0.2) is 16.6 Å². The van der Waals surface area contributed by atoms with Gasteiger partial charge in [0.25, 0.3) is 5.91 Å². The number of carbonyl (C=O) groups is 2. The Hall–Kier alpha value is -1.86. The van der Waals surface area contributed by atoms with Crippen LogP contribution in [0.25, 0.3) is 0 Å². The van der Waals surface area contributed by atoms with Crippen LogP contribution in [-0.4, -0.2) is 25.1 Å². The van der Waals surface area contributed by atoms with Crippen LogP contribution in [0.4, 0.5) is 5.00 Å². The topological polar surface area (TPSA) is 64.6 Å². The number of carbonyl (C=O) groups excluding carboxylic acids is 2. The lowest BCUT2D eigenvalue weighted by molar-refractivity contribution is -0.118. The Morgan fingerprint density at radius 1 is 1.32 bits per heavy atom. The third-order valence-electron chi connectivity index (χ3n) is 5.52. The van der Waals surface area contributed by atoms with E-state index < -0.39 is 0 Å². The number of fused-ring (bicyclic) bond motifs is 1. The summed E-state index contributed by atoms with van der Waals surface area (Å²) in [6, 6.07) is 3.99. The Morgan fingerprint density at radius 2 is 2.06 bits per heavy atom. The highest BCUT2D eigenvalue weighted by atomic mass is 79.9. The van der Waals surface area contributed by atoms with Gasteiger partial charge in [0.15, 0.2) is 6.61 Å². The summed E-state index contributed by atoms with van der Waals surface area (Å²) in [6.07, 6.45) is 2.80. The van der Waals surface area contributed by atoms with Gasteiger partial charge in [0, 0.05) is 9.35 Å². The molecule has 1 heterocycles. The molecule has 7 heteroatoms. The van der Waals surface area contributed by atoms with Gasteiger partial charge in [0.1, 0.15) is 10.8 Å². The molecule has 1 aliphatic rings. The Morgan fingerprint density at radius 3 is 2.74 bits per heavy atom. The second kappa shape index (κ2) is 10.2. The first kappa shape index (κ1) is 23.8. The molecule has 1 unspecified atom stereocenters. The summed E-state index contributed by atoms with van der Waals surface area (Å²) < 4.78 is 12.2. The smallest absolute Gasteiger partial charge is 0.341 e. The number of rotatable bonds is 7. The highest BCUT2D eigenvalue weighted by Crippen LogP contribution is 2.40. The number of hydrogen-bond donors (Lipinski definition) is 1. The fraction of sp³-hybridized carbons (Fsp3) is 0.500. The first-order valence-electron chi connectivity index (χ1n) is 10.8. The molecule has 1 N–H and O–H groups in total. The number of thiophene rings is 1. The lowest BCUT2D eigenvalue weighted by atomic mass is 9.88. The molecule has 0 radical (unpaired) electrons. The zero-order valence-corrected chi connectivity index (χ0v) is 21.2. The zero-order valence-electron chi connectivity index (χ0n) is 18.8. The van der Waals surface area contributed by atoms with Crippen LogP contribution in [0.5, 0.6) is 5.75 Å². The van der Waals surface area contributed by atoms with Gasteiger partial charge in [-0.15, -0.1) is 11.3 Å². The molecule has 0 aliphatic heterocycles. The van der Waals surface area contributed by atoms with Crippen molar-refractivity contribution >= 4 is 44.1 Å². The predicted octanol–water partition coefficient (Wildman–Crippen LogP) is 6.26. The van der Waals surface area contributed by atoms with Crippen molar-refractivity contribution in [3.05, 3.63) is 43.7 Å². The highest BCUT2D eigenvalue weighted by molar-refractivity contribution is 9.10. The van der Waals surface area contributed by atoms with Gasteiger partial charge in [-0.05, 0) is 73.8 Å². The molecule has 0 bridgehead atoms. The average Bonchev–Trinajstić information content (AvgIpc) is 3.05. The van der Waals surface area contributed by atoms with E-state index in [1.807, 2.05) is 19.1 Å². The number of anilines is 1. The molecule has 0 saturated heterocycles. The first-order valence-corrected chi connectivity index (χ1v) is 12.4. The van der Waals surface area contributed by atoms with Crippen molar-refractivity contribution in [1.29, 1.82) is 0 Å². The van der Waals surface area contributed by atoms with Crippen LogP contribution in [0.2, 0.25) is 0 Å². The monoisotopic (exact) mass is 507 g/mol. The van der Waals surface area contributed by atoms with E-state index in [1.165, 1.54) is 16.2 Å². The predicted molar refractivity (Wildman–Crippen MR) is 129 cm³/mol. The van der Waals surface area contributed by atoms with E-state index in [1.54, 1.807) is 6.92 Å². The van der Waals surface area contributed by atoms with Crippen molar-refractivity contribution in [2.24, 2.45) is 5.92 Å². The standard InChI is InChI=1S/C24H30BrNO4S/c1-6-29-24(28)22-16-8-7-14(4)9-20(16)31-23(22)26-21(27)12-30-19-10-15(5)18(25)11-17(19)13(2)3/h10-11,13-14H,6-9,12H2,1-5H3,(H,26,27). The second-order valence-corrected chi connectivity index (χ2v) is 10.4. The van der Waals surface area contributed by atoms with Gasteiger partial charge in [0.2, 0.25) is 0 Å². The van der Waals surface area contributed by atoms with Crippen molar-refractivity contribution in [1.82, 2.24) is 0 Å². The molecule has 1 atom stereocenters. The maximum Gasteiger partial charge on any atom is 0.341 e. The fourth-order valence-electron chi connectivity index (χ4n) is 3.81. The van der Waals surface area contributed by atoms with E-state index in [0.717, 1.165) is 40.4 Å². The molecule has 0 spiro atoms. The van der Waals surface area contributed by atoms with Gasteiger partial charge in [-0.3, -0.25) is 4.79 Å². The van der Waals surface area contributed by atoms with E-state index in [0.29, 0.717) is 28.8 Å². The Kier molecular flexibility index (Phi) is 7.81. The molecule has 0 saturated carbocycles. The summed E-state index contributed by atoms with van der Waals surface area (Å²) in [5.74, 6) is 0.888. The summed E-state index contributed by atoms with van der Waals surface area (Å²) >= 11 is 5.05. The van der Waals surface area contributed by atoms with E-state index in [-0.39, 0.29) is 24.4 Å². The number of aryl methyl sites for hydroxylation is 1. The first-order chi connectivity index (χ1) is 14.7. The maximum absolute atomic E-state index is 12.7. The van der Waals surface area contributed by atoms with Gasteiger partial charge >= 0.3 is 5.97 Å². The molecule has 1 amide bonds. The Balaban J connectivity index is 1.78. The van der Waals surface area contributed by atoms with Crippen LogP contribution in [0, 0.1) is 12.8 Å². The van der Waals surface area contributed by atoms with Crippen molar-refractivity contribution in [3.8, 4) is 5.75 Å². The number of nitrogens with one attached hydrogen (secondary N) is 1. The van der Waals surface area contributed by atoms with Crippen molar-refractivity contribution in [2.75, 3.05) is 18.5 Å². The van der Waals surface area contributed by atoms with E-state index >= 15 is 0 Å². The minimum absolute atomic E-state index is 0.123. The summed E-state index contributed by atoms with van der Waals surface area (Å²) in [4.78, 5) is 26.5. The van der Waals surface area contributed by atoms with E-state index in [2.05, 4.69) is 42.0 Å².